The van der Waals surface area contributed by atoms with Gasteiger partial charge in [-0.15, -0.1) is 0 Å². The van der Waals surface area contributed by atoms with Gasteiger partial charge in [-0.25, -0.2) is 4.39 Å². The Balaban J connectivity index is 3.13. The van der Waals surface area contributed by atoms with Gasteiger partial charge < -0.3 is 10.5 Å². The summed E-state index contributed by atoms with van der Waals surface area (Å²) < 4.78 is 18.3. The van der Waals surface area contributed by atoms with Crippen LogP contribution >= 0.6 is 0 Å². The molecule has 0 spiro atoms. The summed E-state index contributed by atoms with van der Waals surface area (Å²) in [4.78, 5) is 9.69. The lowest BCUT2D eigenvalue weighted by Crippen LogP contribution is -2.08. The van der Waals surface area contributed by atoms with Crippen LogP contribution < -0.4 is 10.5 Å². The number of nitrogens with two attached hydrogens (primary N) is 1. The van der Waals surface area contributed by atoms with Crippen LogP contribution in [0.1, 0.15) is 13.8 Å². The maximum atomic E-state index is 13.3. The third-order valence-electron chi connectivity index (χ3n) is 1.64. The molecule has 0 amide bonds. The SMILES string of the molecule is CC(C)Oc1cc(N)c([N+](=O)[O-])cc1F. The topological polar surface area (TPSA) is 78.4 Å². The molecule has 1 aromatic rings. The van der Waals surface area contributed by atoms with E-state index in [9.17, 15) is 14.5 Å². The van der Waals surface area contributed by atoms with E-state index in [2.05, 4.69) is 0 Å². The lowest BCUT2D eigenvalue weighted by atomic mass is 10.2. The van der Waals surface area contributed by atoms with Gasteiger partial charge in [0, 0.05) is 6.07 Å². The van der Waals surface area contributed by atoms with Crippen molar-refractivity contribution in [3.05, 3.63) is 28.1 Å². The maximum Gasteiger partial charge on any atom is 0.295 e. The smallest absolute Gasteiger partial charge is 0.295 e. The van der Waals surface area contributed by atoms with Crippen molar-refractivity contribution in [2.45, 2.75) is 20.0 Å². The summed E-state index contributed by atoms with van der Waals surface area (Å²) in [5.74, 6) is -0.863. The second-order valence-corrected chi connectivity index (χ2v) is 3.27. The van der Waals surface area contributed by atoms with Gasteiger partial charge in [0.2, 0.25) is 0 Å². The Bertz CT molecular complexity index is 393. The van der Waals surface area contributed by atoms with Crippen LogP contribution in [0.25, 0.3) is 0 Å². The first-order valence-electron chi connectivity index (χ1n) is 4.32. The molecule has 6 heteroatoms. The number of nitrogen functional groups attached to an aromatic ring is 1. The number of benzene rings is 1. The molecular weight excluding hydrogens is 203 g/mol. The van der Waals surface area contributed by atoms with E-state index in [1.165, 1.54) is 0 Å². The van der Waals surface area contributed by atoms with E-state index in [4.69, 9.17) is 10.5 Å². The number of anilines is 1. The minimum atomic E-state index is -0.787. The molecule has 1 aromatic carbocycles. The zero-order valence-electron chi connectivity index (χ0n) is 8.36. The number of rotatable bonds is 3. The summed E-state index contributed by atoms with van der Waals surface area (Å²) in [6.45, 7) is 3.44. The Hall–Kier alpha value is -1.85. The van der Waals surface area contributed by atoms with Crippen molar-refractivity contribution in [1.82, 2.24) is 0 Å². The number of halogens is 1. The minimum absolute atomic E-state index is 0.0758. The van der Waals surface area contributed by atoms with E-state index in [1.807, 2.05) is 0 Å². The van der Waals surface area contributed by atoms with Gasteiger partial charge >= 0.3 is 0 Å². The summed E-state index contributed by atoms with van der Waals surface area (Å²) in [5, 5.41) is 10.4. The molecule has 5 nitrogen and oxygen atoms in total. The van der Waals surface area contributed by atoms with Crippen LogP contribution in [0.4, 0.5) is 15.8 Å². The predicted molar refractivity (Wildman–Crippen MR) is 53.2 cm³/mol. The Morgan fingerprint density at radius 3 is 2.60 bits per heavy atom. The molecule has 0 unspecified atom stereocenters. The Morgan fingerprint density at radius 1 is 1.53 bits per heavy atom. The highest BCUT2D eigenvalue weighted by atomic mass is 19.1. The molecule has 0 aliphatic carbocycles. The molecule has 0 aliphatic heterocycles. The molecule has 0 aliphatic rings. The van der Waals surface area contributed by atoms with Crippen LogP contribution in [0.5, 0.6) is 5.75 Å². The monoisotopic (exact) mass is 214 g/mol. The molecule has 15 heavy (non-hydrogen) atoms. The number of nitro benzene ring substituents is 1. The highest BCUT2D eigenvalue weighted by molar-refractivity contribution is 5.61. The van der Waals surface area contributed by atoms with E-state index in [0.717, 1.165) is 12.1 Å². The fraction of sp³-hybridized carbons (Fsp3) is 0.333. The largest absolute Gasteiger partial charge is 0.488 e. The predicted octanol–water partition coefficient (Wildman–Crippen LogP) is 2.10. The molecule has 0 fully saturated rings. The van der Waals surface area contributed by atoms with E-state index in [-0.39, 0.29) is 17.5 Å². The quantitative estimate of drug-likeness (QED) is 0.474. The van der Waals surface area contributed by atoms with Crippen LogP contribution in [0.2, 0.25) is 0 Å². The standard InChI is InChI=1S/C9H11FN2O3/c1-5(2)15-9-4-7(11)8(12(13)14)3-6(9)10/h3-5H,11H2,1-2H3. The van der Waals surface area contributed by atoms with E-state index >= 15 is 0 Å². The summed E-state index contributed by atoms with van der Waals surface area (Å²) >= 11 is 0. The Kier molecular flexibility index (Phi) is 3.08. The number of hydrogen-bond donors (Lipinski definition) is 1. The van der Waals surface area contributed by atoms with Gasteiger partial charge in [-0.05, 0) is 13.8 Å². The summed E-state index contributed by atoms with van der Waals surface area (Å²) in [5.41, 5.74) is 4.81. The molecule has 1 rings (SSSR count). The van der Waals surface area contributed by atoms with Crippen molar-refractivity contribution in [2.24, 2.45) is 0 Å². The van der Waals surface area contributed by atoms with Crippen molar-refractivity contribution in [2.75, 3.05) is 5.73 Å². The zero-order chi connectivity index (χ0) is 11.6. The molecule has 0 saturated heterocycles. The van der Waals surface area contributed by atoms with Gasteiger partial charge in [-0.3, -0.25) is 10.1 Å². The molecule has 0 atom stereocenters. The zero-order valence-corrected chi connectivity index (χ0v) is 8.36. The summed E-state index contributed by atoms with van der Waals surface area (Å²) in [6.07, 6.45) is -0.222. The first-order valence-corrected chi connectivity index (χ1v) is 4.32. The number of hydrogen-bond acceptors (Lipinski definition) is 4. The number of ether oxygens (including phenoxy) is 1. The van der Waals surface area contributed by atoms with Crippen LogP contribution in [0.15, 0.2) is 12.1 Å². The first kappa shape index (κ1) is 11.2. The van der Waals surface area contributed by atoms with E-state index in [0.29, 0.717) is 0 Å². The fourth-order valence-corrected chi connectivity index (χ4v) is 1.06. The summed E-state index contributed by atoms with van der Waals surface area (Å²) in [6, 6.07) is 1.88. The lowest BCUT2D eigenvalue weighted by molar-refractivity contribution is -0.384. The molecule has 82 valence electrons. The van der Waals surface area contributed by atoms with Gasteiger partial charge in [0.15, 0.2) is 11.6 Å². The maximum absolute atomic E-state index is 13.3. The third-order valence-corrected chi connectivity index (χ3v) is 1.64. The van der Waals surface area contributed by atoms with Crippen molar-refractivity contribution in [3.63, 3.8) is 0 Å². The van der Waals surface area contributed by atoms with Crippen LogP contribution in [-0.4, -0.2) is 11.0 Å². The van der Waals surface area contributed by atoms with Gasteiger partial charge in [0.1, 0.15) is 5.69 Å². The molecule has 0 heterocycles. The second kappa shape index (κ2) is 4.12. The highest BCUT2D eigenvalue weighted by Crippen LogP contribution is 2.29. The lowest BCUT2D eigenvalue weighted by Gasteiger charge is -2.10. The number of nitro groups is 1. The summed E-state index contributed by atoms with van der Waals surface area (Å²) in [7, 11) is 0. The minimum Gasteiger partial charge on any atom is -0.488 e. The number of nitrogens with zero attached hydrogens (tertiary/aromatic N) is 1. The van der Waals surface area contributed by atoms with E-state index < -0.39 is 16.4 Å². The fourth-order valence-electron chi connectivity index (χ4n) is 1.06. The van der Waals surface area contributed by atoms with Crippen molar-refractivity contribution >= 4 is 11.4 Å². The average molecular weight is 214 g/mol. The van der Waals surface area contributed by atoms with Gasteiger partial charge in [-0.2, -0.15) is 0 Å². The molecular formula is C9H11FN2O3. The third kappa shape index (κ3) is 2.55. The molecule has 0 bridgehead atoms. The molecule has 0 saturated carbocycles. The van der Waals surface area contributed by atoms with Crippen molar-refractivity contribution in [3.8, 4) is 5.75 Å². The highest BCUT2D eigenvalue weighted by Gasteiger charge is 2.17. The van der Waals surface area contributed by atoms with Gasteiger partial charge in [-0.1, -0.05) is 0 Å². The van der Waals surface area contributed by atoms with Crippen LogP contribution in [0, 0.1) is 15.9 Å². The molecule has 2 N–H and O–H groups in total. The first-order chi connectivity index (χ1) is 6.91. The Morgan fingerprint density at radius 2 is 2.13 bits per heavy atom. The van der Waals surface area contributed by atoms with Crippen molar-refractivity contribution < 1.29 is 14.1 Å². The second-order valence-electron chi connectivity index (χ2n) is 3.27. The Labute approximate surface area is 85.8 Å². The van der Waals surface area contributed by atoms with Crippen molar-refractivity contribution in [1.29, 1.82) is 0 Å². The van der Waals surface area contributed by atoms with Gasteiger partial charge in [0.05, 0.1) is 17.1 Å². The van der Waals surface area contributed by atoms with Crippen LogP contribution in [-0.2, 0) is 0 Å². The normalized spacial score (nSPS) is 10.4. The molecule has 0 radical (unpaired) electrons. The average Bonchev–Trinajstić information content (AvgIpc) is 2.09. The van der Waals surface area contributed by atoms with Gasteiger partial charge in [0.25, 0.3) is 5.69 Å². The van der Waals surface area contributed by atoms with E-state index in [1.54, 1.807) is 13.8 Å². The van der Waals surface area contributed by atoms with Crippen LogP contribution in [0.3, 0.4) is 0 Å². The molecule has 0 aromatic heterocycles.